The monoisotopic (exact) mass is 398 g/mol. The summed E-state index contributed by atoms with van der Waals surface area (Å²) in [6.07, 6.45) is 0. The van der Waals surface area contributed by atoms with Crippen LogP contribution in [0.25, 0.3) is 5.69 Å². The molecule has 0 aliphatic heterocycles. The van der Waals surface area contributed by atoms with Gasteiger partial charge in [-0.1, -0.05) is 23.2 Å². The molecule has 0 radical (unpaired) electrons. The molecule has 0 spiro atoms. The molecular weight excluding hydrogens is 387 g/mol. The highest BCUT2D eigenvalue weighted by Crippen LogP contribution is 2.25. The van der Waals surface area contributed by atoms with E-state index in [-0.39, 0.29) is 16.5 Å². The largest absolute Gasteiger partial charge is 0.497 e. The van der Waals surface area contributed by atoms with Crippen LogP contribution in [-0.2, 0) is 15.6 Å². The van der Waals surface area contributed by atoms with Crippen LogP contribution in [0.1, 0.15) is 5.82 Å². The molecule has 0 fully saturated rings. The fraction of sp³-hybridized carbons (Fsp3) is 0.133. The fourth-order valence-corrected chi connectivity index (χ4v) is 3.68. The summed E-state index contributed by atoms with van der Waals surface area (Å²) < 4.78 is 31.6. The number of hydrogen-bond acceptors (Lipinski definition) is 6. The second-order valence-electron chi connectivity index (χ2n) is 5.04. The number of nitrogens with zero attached hydrogens (tertiary/aromatic N) is 4. The van der Waals surface area contributed by atoms with Crippen molar-refractivity contribution in [1.82, 2.24) is 20.2 Å². The number of halogens is 2. The van der Waals surface area contributed by atoms with Gasteiger partial charge in [0.15, 0.2) is 15.7 Å². The highest BCUT2D eigenvalue weighted by molar-refractivity contribution is 7.90. The van der Waals surface area contributed by atoms with Gasteiger partial charge in [-0.15, -0.1) is 5.10 Å². The van der Waals surface area contributed by atoms with Gasteiger partial charge in [-0.25, -0.2) is 8.42 Å². The number of ether oxygens (including phenoxy) is 1. The normalized spacial score (nSPS) is 11.5. The Kier molecular flexibility index (Phi) is 4.94. The van der Waals surface area contributed by atoms with Gasteiger partial charge in [0.25, 0.3) is 0 Å². The third-order valence-corrected chi connectivity index (χ3v) is 5.79. The summed E-state index contributed by atoms with van der Waals surface area (Å²) >= 11 is 11.9. The molecule has 0 bridgehead atoms. The molecule has 0 unspecified atom stereocenters. The summed E-state index contributed by atoms with van der Waals surface area (Å²) in [7, 11) is -2.13. The van der Waals surface area contributed by atoms with Crippen molar-refractivity contribution in [3.8, 4) is 11.4 Å². The third-order valence-electron chi connectivity index (χ3n) is 3.42. The molecule has 10 heteroatoms. The second kappa shape index (κ2) is 6.99. The van der Waals surface area contributed by atoms with Crippen LogP contribution in [0.2, 0.25) is 10.0 Å². The van der Waals surface area contributed by atoms with Crippen molar-refractivity contribution in [2.75, 3.05) is 7.11 Å². The van der Waals surface area contributed by atoms with Crippen LogP contribution in [0.4, 0.5) is 0 Å². The van der Waals surface area contributed by atoms with Crippen molar-refractivity contribution in [2.45, 2.75) is 10.6 Å². The van der Waals surface area contributed by atoms with E-state index in [1.165, 1.54) is 23.9 Å². The summed E-state index contributed by atoms with van der Waals surface area (Å²) in [4.78, 5) is 0.150. The molecule has 0 atom stereocenters. The topological polar surface area (TPSA) is 87.0 Å². The van der Waals surface area contributed by atoms with Crippen LogP contribution >= 0.6 is 23.2 Å². The van der Waals surface area contributed by atoms with E-state index < -0.39 is 9.84 Å². The van der Waals surface area contributed by atoms with Crippen LogP contribution in [0.5, 0.6) is 5.75 Å². The zero-order chi connectivity index (χ0) is 18.0. The number of sulfone groups is 1. The molecule has 0 aliphatic rings. The Hall–Kier alpha value is -2.16. The number of methoxy groups -OCH3 is 1. The van der Waals surface area contributed by atoms with Gasteiger partial charge in [0.1, 0.15) is 11.5 Å². The molecule has 3 rings (SSSR count). The first-order valence-corrected chi connectivity index (χ1v) is 9.41. The van der Waals surface area contributed by atoms with E-state index in [0.717, 1.165) is 0 Å². The highest BCUT2D eigenvalue weighted by atomic mass is 35.5. The highest BCUT2D eigenvalue weighted by Gasteiger charge is 2.21. The first-order chi connectivity index (χ1) is 11.9. The molecule has 0 aliphatic carbocycles. The summed E-state index contributed by atoms with van der Waals surface area (Å²) in [5.74, 6) is 0.362. The Labute approximate surface area is 154 Å². The molecule has 0 saturated heterocycles. The molecule has 0 amide bonds. The maximum Gasteiger partial charge on any atom is 0.185 e. The number of benzene rings is 2. The lowest BCUT2D eigenvalue weighted by Crippen LogP contribution is -2.11. The van der Waals surface area contributed by atoms with Crippen molar-refractivity contribution < 1.29 is 13.2 Å². The molecule has 0 saturated carbocycles. The van der Waals surface area contributed by atoms with Crippen LogP contribution < -0.4 is 4.74 Å². The Morgan fingerprint density at radius 1 is 1.08 bits per heavy atom. The molecule has 0 N–H and O–H groups in total. The lowest BCUT2D eigenvalue weighted by Gasteiger charge is -2.07. The van der Waals surface area contributed by atoms with Gasteiger partial charge >= 0.3 is 0 Å². The Bertz CT molecular complexity index is 1000. The van der Waals surface area contributed by atoms with Gasteiger partial charge in [-0.2, -0.15) is 4.68 Å². The molecule has 7 nitrogen and oxygen atoms in total. The number of hydrogen-bond donors (Lipinski definition) is 0. The maximum absolute atomic E-state index is 12.6. The molecule has 130 valence electrons. The quantitative estimate of drug-likeness (QED) is 0.656. The van der Waals surface area contributed by atoms with Crippen LogP contribution in [-0.4, -0.2) is 35.7 Å². The first kappa shape index (κ1) is 17.7. The van der Waals surface area contributed by atoms with Crippen molar-refractivity contribution in [3.05, 3.63) is 58.3 Å². The lowest BCUT2D eigenvalue weighted by atomic mass is 10.3. The molecule has 1 heterocycles. The van der Waals surface area contributed by atoms with Gasteiger partial charge in [0.05, 0.1) is 27.7 Å². The number of tetrazole rings is 1. The Balaban J connectivity index is 1.93. The van der Waals surface area contributed by atoms with Gasteiger partial charge in [0.2, 0.25) is 0 Å². The van der Waals surface area contributed by atoms with E-state index in [0.29, 0.717) is 21.5 Å². The smallest absolute Gasteiger partial charge is 0.185 e. The van der Waals surface area contributed by atoms with Crippen molar-refractivity contribution in [3.63, 3.8) is 0 Å². The van der Waals surface area contributed by atoms with E-state index in [4.69, 9.17) is 27.9 Å². The van der Waals surface area contributed by atoms with Crippen LogP contribution in [0.3, 0.4) is 0 Å². The minimum Gasteiger partial charge on any atom is -0.497 e. The number of rotatable bonds is 5. The van der Waals surface area contributed by atoms with Crippen LogP contribution in [0.15, 0.2) is 47.4 Å². The summed E-state index contributed by atoms with van der Waals surface area (Å²) in [5.41, 5.74) is 0.513. The van der Waals surface area contributed by atoms with Gasteiger partial charge in [0, 0.05) is 0 Å². The number of aromatic nitrogens is 4. The van der Waals surface area contributed by atoms with Crippen LogP contribution in [0, 0.1) is 0 Å². The van der Waals surface area contributed by atoms with Crippen molar-refractivity contribution in [2.24, 2.45) is 0 Å². The molecular formula is C15H12Cl2N4O3S. The molecule has 3 aromatic rings. The summed E-state index contributed by atoms with van der Waals surface area (Å²) in [5, 5.41) is 11.9. The SMILES string of the molecule is COc1ccc(S(=O)(=O)Cc2nnnn2-c2ccc(Cl)c(Cl)c2)cc1. The van der Waals surface area contributed by atoms with Gasteiger partial charge < -0.3 is 4.74 Å². The predicted octanol–water partition coefficient (Wildman–Crippen LogP) is 2.95. The van der Waals surface area contributed by atoms with E-state index in [1.54, 1.807) is 30.3 Å². The fourth-order valence-electron chi connectivity index (χ4n) is 2.15. The summed E-state index contributed by atoms with van der Waals surface area (Å²) in [6.45, 7) is 0. The Morgan fingerprint density at radius 3 is 2.44 bits per heavy atom. The van der Waals surface area contributed by atoms with Crippen molar-refractivity contribution in [1.29, 1.82) is 0 Å². The van der Waals surface area contributed by atoms with E-state index in [2.05, 4.69) is 15.5 Å². The van der Waals surface area contributed by atoms with Gasteiger partial charge in [-0.05, 0) is 52.9 Å². The minimum absolute atomic E-state index is 0.150. The van der Waals surface area contributed by atoms with E-state index >= 15 is 0 Å². The minimum atomic E-state index is -3.63. The zero-order valence-electron chi connectivity index (χ0n) is 12.9. The molecule has 1 aromatic heterocycles. The second-order valence-corrected chi connectivity index (χ2v) is 7.84. The zero-order valence-corrected chi connectivity index (χ0v) is 15.3. The van der Waals surface area contributed by atoms with E-state index in [1.807, 2.05) is 0 Å². The van der Waals surface area contributed by atoms with Gasteiger partial charge in [-0.3, -0.25) is 0 Å². The van der Waals surface area contributed by atoms with E-state index in [9.17, 15) is 8.42 Å². The molecule has 25 heavy (non-hydrogen) atoms. The predicted molar refractivity (Wildman–Crippen MR) is 93.1 cm³/mol. The average molecular weight is 399 g/mol. The lowest BCUT2D eigenvalue weighted by molar-refractivity contribution is 0.414. The van der Waals surface area contributed by atoms with Crippen molar-refractivity contribution >= 4 is 33.0 Å². The standard InChI is InChI=1S/C15H12Cl2N4O3S/c1-24-11-3-5-12(6-4-11)25(22,23)9-15-18-19-20-21(15)10-2-7-13(16)14(17)8-10/h2-8H,9H2,1H3. The third kappa shape index (κ3) is 3.76. The summed E-state index contributed by atoms with van der Waals surface area (Å²) in [6, 6.07) is 10.9. The maximum atomic E-state index is 12.6. The molecule has 2 aromatic carbocycles. The average Bonchev–Trinajstić information content (AvgIpc) is 3.05. The Morgan fingerprint density at radius 2 is 1.80 bits per heavy atom. The first-order valence-electron chi connectivity index (χ1n) is 7.00.